The van der Waals surface area contributed by atoms with E-state index >= 15 is 0 Å². The van der Waals surface area contributed by atoms with E-state index in [0.29, 0.717) is 0 Å². The van der Waals surface area contributed by atoms with E-state index in [1.807, 2.05) is 0 Å². The number of nitrogens with zero attached hydrogens (tertiary/aromatic N) is 3. The van der Waals surface area contributed by atoms with E-state index in [1.165, 1.54) is 30.5 Å². The molecule has 1 aromatic carbocycles. The van der Waals surface area contributed by atoms with Crippen molar-refractivity contribution in [2.75, 3.05) is 5.32 Å². The van der Waals surface area contributed by atoms with Gasteiger partial charge in [0.25, 0.3) is 5.91 Å². The van der Waals surface area contributed by atoms with Gasteiger partial charge >= 0.3 is 6.18 Å². The van der Waals surface area contributed by atoms with Gasteiger partial charge in [0.15, 0.2) is 17.9 Å². The maximum atomic E-state index is 12.7. The third kappa shape index (κ3) is 3.40. The molecular formula is C15H9F3N4O2. The van der Waals surface area contributed by atoms with Crippen molar-refractivity contribution in [3.8, 4) is 11.3 Å². The molecule has 2 heterocycles. The molecule has 6 nitrogen and oxygen atoms in total. The van der Waals surface area contributed by atoms with Gasteiger partial charge in [0.2, 0.25) is 0 Å². The number of halogens is 3. The Morgan fingerprint density at radius 1 is 1.12 bits per heavy atom. The summed E-state index contributed by atoms with van der Waals surface area (Å²) in [5.74, 6) is -0.399. The average Bonchev–Trinajstić information content (AvgIpc) is 3.09. The molecule has 1 N–H and O–H groups in total. The Balaban J connectivity index is 1.79. The number of oxazole rings is 1. The van der Waals surface area contributed by atoms with Crippen LogP contribution in [0.4, 0.5) is 19.0 Å². The number of alkyl halides is 3. The fourth-order valence-corrected chi connectivity index (χ4v) is 1.91. The number of benzene rings is 1. The van der Waals surface area contributed by atoms with Crippen molar-refractivity contribution >= 4 is 11.7 Å². The number of carbonyl (C=O) groups excluding carboxylic acids is 1. The summed E-state index contributed by atoms with van der Waals surface area (Å²) in [6, 6.07) is 7.63. The van der Waals surface area contributed by atoms with E-state index in [2.05, 4.69) is 24.9 Å². The molecule has 0 atom stereocenters. The second kappa shape index (κ2) is 6.11. The largest absolute Gasteiger partial charge is 0.451 e. The Labute approximate surface area is 133 Å². The lowest BCUT2D eigenvalue weighted by molar-refractivity contribution is -0.137. The Bertz CT molecular complexity index is 846. The Kier molecular flexibility index (Phi) is 3.98. The molecule has 2 aromatic heterocycles. The lowest BCUT2D eigenvalue weighted by atomic mass is 10.1. The number of hydrogen-bond acceptors (Lipinski definition) is 5. The molecular weight excluding hydrogens is 325 g/mol. The number of anilines is 1. The molecule has 0 radical (unpaired) electrons. The fourth-order valence-electron chi connectivity index (χ4n) is 1.91. The second-order valence-corrected chi connectivity index (χ2v) is 4.71. The van der Waals surface area contributed by atoms with Gasteiger partial charge in [-0.3, -0.25) is 4.79 Å². The number of hydrogen-bond donors (Lipinski definition) is 1. The van der Waals surface area contributed by atoms with Crippen LogP contribution in [0.2, 0.25) is 0 Å². The first-order valence-corrected chi connectivity index (χ1v) is 6.64. The molecule has 122 valence electrons. The van der Waals surface area contributed by atoms with Crippen molar-refractivity contribution in [3.63, 3.8) is 0 Å². The summed E-state index contributed by atoms with van der Waals surface area (Å²) in [6.45, 7) is 0. The monoisotopic (exact) mass is 334 g/mol. The first-order chi connectivity index (χ1) is 11.4. The zero-order chi connectivity index (χ0) is 17.2. The van der Waals surface area contributed by atoms with Crippen LogP contribution in [-0.2, 0) is 6.18 Å². The molecule has 0 saturated carbocycles. The van der Waals surface area contributed by atoms with Crippen LogP contribution in [0.25, 0.3) is 11.3 Å². The first kappa shape index (κ1) is 15.7. The van der Waals surface area contributed by atoms with Gasteiger partial charge in [-0.15, -0.1) is 10.2 Å². The molecule has 9 heteroatoms. The number of amides is 1. The van der Waals surface area contributed by atoms with Crippen molar-refractivity contribution < 1.29 is 22.4 Å². The van der Waals surface area contributed by atoms with Gasteiger partial charge in [-0.2, -0.15) is 13.2 Å². The predicted molar refractivity (Wildman–Crippen MR) is 76.9 cm³/mol. The smallest absolute Gasteiger partial charge is 0.416 e. The fraction of sp³-hybridized carbons (Fsp3) is 0.0667. The van der Waals surface area contributed by atoms with Crippen LogP contribution in [0.5, 0.6) is 0 Å². The van der Waals surface area contributed by atoms with E-state index < -0.39 is 17.6 Å². The highest BCUT2D eigenvalue weighted by Crippen LogP contribution is 2.31. The van der Waals surface area contributed by atoms with Crippen molar-refractivity contribution in [2.24, 2.45) is 0 Å². The molecule has 0 aliphatic rings. The van der Waals surface area contributed by atoms with Crippen LogP contribution in [0, 0.1) is 0 Å². The molecule has 24 heavy (non-hydrogen) atoms. The van der Waals surface area contributed by atoms with Gasteiger partial charge in [-0.25, -0.2) is 4.98 Å². The highest BCUT2D eigenvalue weighted by molar-refractivity contribution is 6.01. The van der Waals surface area contributed by atoms with Gasteiger partial charge in [0.1, 0.15) is 6.26 Å². The summed E-state index contributed by atoms with van der Waals surface area (Å²) in [6.07, 6.45) is -2.16. The summed E-state index contributed by atoms with van der Waals surface area (Å²) in [4.78, 5) is 15.4. The normalized spacial score (nSPS) is 11.3. The van der Waals surface area contributed by atoms with E-state index in [9.17, 15) is 18.0 Å². The number of aromatic nitrogens is 3. The van der Waals surface area contributed by atoms with Crippen LogP contribution in [-0.4, -0.2) is 21.1 Å². The lowest BCUT2D eigenvalue weighted by Crippen LogP contribution is -2.13. The zero-order valence-electron chi connectivity index (χ0n) is 11.9. The first-order valence-electron chi connectivity index (χ1n) is 6.64. The summed E-state index contributed by atoms with van der Waals surface area (Å²) in [5.41, 5.74) is -0.184. The predicted octanol–water partition coefficient (Wildman–Crippen LogP) is 3.40. The van der Waals surface area contributed by atoms with E-state index in [4.69, 9.17) is 0 Å². The molecule has 0 unspecified atom stereocenters. The van der Waals surface area contributed by atoms with E-state index in [1.54, 1.807) is 0 Å². The van der Waals surface area contributed by atoms with E-state index in [0.717, 1.165) is 18.5 Å². The van der Waals surface area contributed by atoms with Crippen LogP contribution >= 0.6 is 0 Å². The summed E-state index contributed by atoms with van der Waals surface area (Å²) in [7, 11) is 0. The lowest BCUT2D eigenvalue weighted by Gasteiger charge is -2.08. The quantitative estimate of drug-likeness (QED) is 0.794. The summed E-state index contributed by atoms with van der Waals surface area (Å²) < 4.78 is 42.9. The maximum Gasteiger partial charge on any atom is 0.416 e. The average molecular weight is 334 g/mol. The number of carbonyl (C=O) groups is 1. The standard InChI is InChI=1S/C15H9F3N4O2/c16-15(17,18)10-3-1-2-9(6-10)11-4-5-13(22-21-11)20-14(23)12-7-24-8-19-12/h1-8H,(H,20,22,23). The van der Waals surface area contributed by atoms with Crippen molar-refractivity contribution in [1.82, 2.24) is 15.2 Å². The highest BCUT2D eigenvalue weighted by atomic mass is 19.4. The molecule has 0 aliphatic carbocycles. The molecule has 0 fully saturated rings. The van der Waals surface area contributed by atoms with Crippen molar-refractivity contribution in [1.29, 1.82) is 0 Å². The van der Waals surface area contributed by atoms with Gasteiger partial charge in [0, 0.05) is 5.56 Å². The summed E-state index contributed by atoms with van der Waals surface area (Å²) >= 11 is 0. The second-order valence-electron chi connectivity index (χ2n) is 4.71. The van der Waals surface area contributed by atoms with E-state index in [-0.39, 0.29) is 22.8 Å². The number of rotatable bonds is 3. The Morgan fingerprint density at radius 2 is 1.96 bits per heavy atom. The minimum Gasteiger partial charge on any atom is -0.451 e. The van der Waals surface area contributed by atoms with Crippen LogP contribution in [0.3, 0.4) is 0 Å². The minimum atomic E-state index is -4.44. The van der Waals surface area contributed by atoms with Crippen molar-refractivity contribution in [3.05, 3.63) is 60.3 Å². The third-order valence-electron chi connectivity index (χ3n) is 3.06. The van der Waals surface area contributed by atoms with Crippen molar-refractivity contribution in [2.45, 2.75) is 6.18 Å². The SMILES string of the molecule is O=C(Nc1ccc(-c2cccc(C(F)(F)F)c2)nn1)c1cocn1. The molecule has 1 amide bonds. The molecule has 0 aliphatic heterocycles. The number of nitrogens with one attached hydrogen (secondary N) is 1. The van der Waals surface area contributed by atoms with Crippen LogP contribution in [0.15, 0.2) is 53.5 Å². The topological polar surface area (TPSA) is 80.9 Å². The minimum absolute atomic E-state index is 0.0683. The Hall–Kier alpha value is -3.23. The highest BCUT2D eigenvalue weighted by Gasteiger charge is 2.30. The maximum absolute atomic E-state index is 12.7. The van der Waals surface area contributed by atoms with Crippen LogP contribution in [0.1, 0.15) is 16.1 Å². The Morgan fingerprint density at radius 3 is 2.58 bits per heavy atom. The molecule has 0 spiro atoms. The molecule has 3 aromatic rings. The molecule has 0 bridgehead atoms. The van der Waals surface area contributed by atoms with Crippen LogP contribution < -0.4 is 5.32 Å². The van der Waals surface area contributed by atoms with Gasteiger partial charge in [0.05, 0.1) is 11.3 Å². The third-order valence-corrected chi connectivity index (χ3v) is 3.06. The summed E-state index contributed by atoms with van der Waals surface area (Å²) in [5, 5.41) is 10.0. The van der Waals surface area contributed by atoms with Gasteiger partial charge in [-0.1, -0.05) is 12.1 Å². The molecule has 3 rings (SSSR count). The molecule has 0 saturated heterocycles. The van der Waals surface area contributed by atoms with Gasteiger partial charge < -0.3 is 9.73 Å². The zero-order valence-corrected chi connectivity index (χ0v) is 11.9. The van der Waals surface area contributed by atoms with Gasteiger partial charge in [-0.05, 0) is 24.3 Å².